The topological polar surface area (TPSA) is 29.4 Å². The second-order valence-corrected chi connectivity index (χ2v) is 3.83. The number of isocyanates is 1. The molecule has 1 aromatic rings. The van der Waals surface area contributed by atoms with Crippen LogP contribution in [0.25, 0.3) is 0 Å². The predicted molar refractivity (Wildman–Crippen MR) is 55.0 cm³/mol. The maximum atomic E-state index is 10.3. The van der Waals surface area contributed by atoms with Gasteiger partial charge in [-0.15, -0.1) is 0 Å². The number of aryl methyl sites for hydroxylation is 2. The van der Waals surface area contributed by atoms with E-state index in [9.17, 15) is 4.79 Å². The van der Waals surface area contributed by atoms with E-state index < -0.39 is 0 Å². The average molecular weight is 187 g/mol. The molecule has 0 amide bonds. The molecule has 0 heterocycles. The number of nitrogens with zero attached hydrogens (tertiary/aromatic N) is 1. The van der Waals surface area contributed by atoms with Gasteiger partial charge >= 0.3 is 0 Å². The summed E-state index contributed by atoms with van der Waals surface area (Å²) in [6, 6.07) is 6.42. The smallest absolute Gasteiger partial charge is 0.211 e. The zero-order valence-corrected chi connectivity index (χ0v) is 8.29. The number of carbonyl (C=O) groups excluding carboxylic acids is 1. The summed E-state index contributed by atoms with van der Waals surface area (Å²) in [6.45, 7) is 2.09. The van der Waals surface area contributed by atoms with Crippen molar-refractivity contribution in [1.82, 2.24) is 0 Å². The van der Waals surface area contributed by atoms with Gasteiger partial charge in [0.1, 0.15) is 0 Å². The molecule has 1 aliphatic rings. The normalized spacial score (nSPS) is 19.6. The summed E-state index contributed by atoms with van der Waals surface area (Å²) < 4.78 is 0. The molecule has 1 unspecified atom stereocenters. The summed E-state index contributed by atoms with van der Waals surface area (Å²) in [5.41, 5.74) is 3.84. The fourth-order valence-corrected chi connectivity index (χ4v) is 2.12. The lowest BCUT2D eigenvalue weighted by Gasteiger charge is -2.21. The Labute approximate surface area is 83.7 Å². The van der Waals surface area contributed by atoms with Gasteiger partial charge in [0.05, 0.1) is 6.04 Å². The van der Waals surface area contributed by atoms with E-state index in [0.29, 0.717) is 0 Å². The molecule has 1 atom stereocenters. The molecule has 1 aliphatic carbocycles. The third-order valence-electron chi connectivity index (χ3n) is 2.79. The number of benzene rings is 1. The third kappa shape index (κ3) is 1.61. The molecule has 0 spiro atoms. The van der Waals surface area contributed by atoms with Crippen LogP contribution in [0, 0.1) is 6.92 Å². The minimum absolute atomic E-state index is 0.0526. The van der Waals surface area contributed by atoms with Crippen LogP contribution in [0.2, 0.25) is 0 Å². The van der Waals surface area contributed by atoms with Gasteiger partial charge in [0.2, 0.25) is 6.08 Å². The SMILES string of the molecule is Cc1ccc2c(c1)CCCC2N=C=O. The van der Waals surface area contributed by atoms with Crippen LogP contribution in [0.3, 0.4) is 0 Å². The number of aliphatic imine (C=N–C) groups is 1. The maximum absolute atomic E-state index is 10.3. The van der Waals surface area contributed by atoms with E-state index >= 15 is 0 Å². The molecule has 0 N–H and O–H groups in total. The van der Waals surface area contributed by atoms with Gasteiger partial charge in [0.15, 0.2) is 0 Å². The lowest BCUT2D eigenvalue weighted by molar-refractivity contribution is 0.538. The zero-order chi connectivity index (χ0) is 9.97. The van der Waals surface area contributed by atoms with Gasteiger partial charge in [-0.05, 0) is 37.3 Å². The fourth-order valence-electron chi connectivity index (χ4n) is 2.12. The van der Waals surface area contributed by atoms with Gasteiger partial charge in [-0.1, -0.05) is 23.8 Å². The van der Waals surface area contributed by atoms with Crippen LogP contribution in [0.15, 0.2) is 23.2 Å². The summed E-state index contributed by atoms with van der Waals surface area (Å²) in [5.74, 6) is 0. The van der Waals surface area contributed by atoms with Gasteiger partial charge in [0, 0.05) is 0 Å². The summed E-state index contributed by atoms with van der Waals surface area (Å²) in [4.78, 5) is 14.1. The number of fused-ring (bicyclic) bond motifs is 1. The second-order valence-electron chi connectivity index (χ2n) is 3.83. The molecule has 0 radical (unpaired) electrons. The van der Waals surface area contributed by atoms with Gasteiger partial charge in [-0.25, -0.2) is 4.79 Å². The fraction of sp³-hybridized carbons (Fsp3) is 0.417. The Kier molecular flexibility index (Phi) is 2.47. The molecule has 0 saturated carbocycles. The molecule has 2 rings (SSSR count). The molecule has 0 aliphatic heterocycles. The van der Waals surface area contributed by atoms with Gasteiger partial charge in [-0.2, -0.15) is 4.99 Å². The maximum Gasteiger partial charge on any atom is 0.235 e. The first-order chi connectivity index (χ1) is 6.81. The largest absolute Gasteiger partial charge is 0.235 e. The van der Waals surface area contributed by atoms with E-state index in [1.165, 1.54) is 16.7 Å². The van der Waals surface area contributed by atoms with E-state index in [4.69, 9.17) is 0 Å². The molecular weight excluding hydrogens is 174 g/mol. The van der Waals surface area contributed by atoms with Crippen molar-refractivity contribution in [3.8, 4) is 0 Å². The highest BCUT2D eigenvalue weighted by molar-refractivity contribution is 5.40. The molecule has 0 saturated heterocycles. The molecule has 0 bridgehead atoms. The summed E-state index contributed by atoms with van der Waals surface area (Å²) in [5, 5.41) is 0. The lowest BCUT2D eigenvalue weighted by atomic mass is 9.87. The van der Waals surface area contributed by atoms with Crippen molar-refractivity contribution in [2.75, 3.05) is 0 Å². The quantitative estimate of drug-likeness (QED) is 0.491. The highest BCUT2D eigenvalue weighted by Gasteiger charge is 2.18. The summed E-state index contributed by atoms with van der Waals surface area (Å²) in [7, 11) is 0. The Balaban J connectivity index is 2.44. The molecule has 72 valence electrons. The van der Waals surface area contributed by atoms with E-state index in [1.807, 2.05) is 0 Å². The van der Waals surface area contributed by atoms with Crippen LogP contribution in [0.1, 0.15) is 35.6 Å². The van der Waals surface area contributed by atoms with Crippen molar-refractivity contribution in [2.45, 2.75) is 32.2 Å². The monoisotopic (exact) mass is 187 g/mol. The van der Waals surface area contributed by atoms with Crippen molar-refractivity contribution in [1.29, 1.82) is 0 Å². The summed E-state index contributed by atoms with van der Waals surface area (Å²) in [6.07, 6.45) is 4.88. The highest BCUT2D eigenvalue weighted by Crippen LogP contribution is 2.32. The van der Waals surface area contributed by atoms with Crippen LogP contribution in [-0.2, 0) is 11.2 Å². The molecular formula is C12H13NO. The van der Waals surface area contributed by atoms with Crippen LogP contribution >= 0.6 is 0 Å². The Morgan fingerprint density at radius 3 is 3.14 bits per heavy atom. The van der Waals surface area contributed by atoms with Crippen molar-refractivity contribution in [2.24, 2.45) is 4.99 Å². The minimum Gasteiger partial charge on any atom is -0.211 e. The van der Waals surface area contributed by atoms with E-state index in [0.717, 1.165) is 19.3 Å². The lowest BCUT2D eigenvalue weighted by Crippen LogP contribution is -2.07. The number of rotatable bonds is 1. The molecule has 14 heavy (non-hydrogen) atoms. The standard InChI is InChI=1S/C12H13NO/c1-9-5-6-11-10(7-9)3-2-4-12(11)13-8-14/h5-7,12H,2-4H2,1H3. The Hall–Kier alpha value is -1.40. The van der Waals surface area contributed by atoms with Gasteiger partial charge in [0.25, 0.3) is 0 Å². The first-order valence-corrected chi connectivity index (χ1v) is 4.97. The van der Waals surface area contributed by atoms with Crippen molar-refractivity contribution < 1.29 is 4.79 Å². The van der Waals surface area contributed by atoms with Crippen molar-refractivity contribution in [3.05, 3.63) is 34.9 Å². The molecule has 2 nitrogen and oxygen atoms in total. The predicted octanol–water partition coefficient (Wildman–Crippen LogP) is 2.71. The second kappa shape index (κ2) is 3.77. The Bertz CT molecular complexity index is 391. The van der Waals surface area contributed by atoms with Crippen molar-refractivity contribution >= 4 is 6.08 Å². The van der Waals surface area contributed by atoms with Crippen molar-refractivity contribution in [3.63, 3.8) is 0 Å². The highest BCUT2D eigenvalue weighted by atomic mass is 16.1. The first kappa shape index (κ1) is 9.17. The average Bonchev–Trinajstić information content (AvgIpc) is 2.18. The van der Waals surface area contributed by atoms with Gasteiger partial charge < -0.3 is 0 Å². The minimum atomic E-state index is 0.0526. The molecule has 2 heteroatoms. The molecule has 1 aromatic carbocycles. The molecule has 0 fully saturated rings. The van der Waals surface area contributed by atoms with Crippen LogP contribution in [0.4, 0.5) is 0 Å². The van der Waals surface area contributed by atoms with Crippen LogP contribution in [-0.4, -0.2) is 6.08 Å². The Morgan fingerprint density at radius 2 is 2.36 bits per heavy atom. The zero-order valence-electron chi connectivity index (χ0n) is 8.29. The Morgan fingerprint density at radius 1 is 1.50 bits per heavy atom. The number of hydrogen-bond donors (Lipinski definition) is 0. The van der Waals surface area contributed by atoms with Crippen LogP contribution < -0.4 is 0 Å². The van der Waals surface area contributed by atoms with E-state index in [-0.39, 0.29) is 6.04 Å². The van der Waals surface area contributed by atoms with E-state index in [2.05, 4.69) is 30.1 Å². The van der Waals surface area contributed by atoms with Gasteiger partial charge in [-0.3, -0.25) is 0 Å². The number of hydrogen-bond acceptors (Lipinski definition) is 2. The summed E-state index contributed by atoms with van der Waals surface area (Å²) >= 11 is 0. The molecule has 0 aromatic heterocycles. The van der Waals surface area contributed by atoms with Crippen LogP contribution in [0.5, 0.6) is 0 Å². The third-order valence-corrected chi connectivity index (χ3v) is 2.79. The van der Waals surface area contributed by atoms with E-state index in [1.54, 1.807) is 6.08 Å². The first-order valence-electron chi connectivity index (χ1n) is 4.97.